The molecule has 4 heterocycles. The van der Waals surface area contributed by atoms with Gasteiger partial charge in [-0.05, 0) is 61.9 Å². The van der Waals surface area contributed by atoms with E-state index in [4.69, 9.17) is 10.1 Å². The first-order chi connectivity index (χ1) is 12.3. The van der Waals surface area contributed by atoms with Gasteiger partial charge in [0, 0.05) is 25.4 Å². The number of aromatic nitrogens is 1. The number of amidine groups is 1. The predicted octanol–water partition coefficient (Wildman–Crippen LogP) is 2.41. The van der Waals surface area contributed by atoms with Crippen LogP contribution < -0.4 is 5.32 Å². The van der Waals surface area contributed by atoms with Crippen LogP contribution in [-0.4, -0.2) is 60.8 Å². The van der Waals surface area contributed by atoms with Crippen LogP contribution in [-0.2, 0) is 4.74 Å². The third-order valence-corrected chi connectivity index (χ3v) is 5.86. The van der Waals surface area contributed by atoms with E-state index < -0.39 is 0 Å². The van der Waals surface area contributed by atoms with Gasteiger partial charge in [-0.15, -0.1) is 0 Å². The van der Waals surface area contributed by atoms with Crippen molar-refractivity contribution in [1.29, 1.82) is 5.41 Å². The van der Waals surface area contributed by atoms with Crippen molar-refractivity contribution >= 4 is 17.9 Å². The Balaban J connectivity index is 1.31. The number of nitrogens with one attached hydrogen (secondary N) is 2. The summed E-state index contributed by atoms with van der Waals surface area (Å²) < 4.78 is 5.33. The Morgan fingerprint density at radius 3 is 2.76 bits per heavy atom. The molecule has 0 spiro atoms. The molecule has 0 saturated carbocycles. The Bertz CT molecular complexity index is 634. The van der Waals surface area contributed by atoms with E-state index in [1.54, 1.807) is 6.20 Å². The van der Waals surface area contributed by atoms with Crippen LogP contribution in [0.1, 0.15) is 31.2 Å². The Hall–Kier alpha value is -1.79. The summed E-state index contributed by atoms with van der Waals surface area (Å²) in [5.41, 5.74) is 0.859. The summed E-state index contributed by atoms with van der Waals surface area (Å²) in [6.45, 7) is 5.21. The predicted molar refractivity (Wildman–Crippen MR) is 99.7 cm³/mol. The van der Waals surface area contributed by atoms with Gasteiger partial charge in [-0.3, -0.25) is 9.89 Å². The van der Waals surface area contributed by atoms with Crippen molar-refractivity contribution in [3.63, 3.8) is 0 Å². The van der Waals surface area contributed by atoms with Gasteiger partial charge < -0.3 is 15.5 Å². The van der Waals surface area contributed by atoms with Crippen molar-refractivity contribution in [1.82, 2.24) is 9.88 Å². The zero-order valence-electron chi connectivity index (χ0n) is 14.7. The highest BCUT2D eigenvalue weighted by atomic mass is 16.5. The maximum Gasteiger partial charge on any atom is 0.131 e. The molecule has 1 atom stereocenters. The molecule has 0 amide bonds. The molecule has 3 aliphatic heterocycles. The molecule has 3 aliphatic rings. The van der Waals surface area contributed by atoms with Crippen LogP contribution in [0.25, 0.3) is 0 Å². The highest BCUT2D eigenvalue weighted by Crippen LogP contribution is 2.33. The van der Waals surface area contributed by atoms with Gasteiger partial charge in [-0.25, -0.2) is 4.98 Å². The molecular formula is C19H27N5O. The molecule has 134 valence electrons. The minimum Gasteiger partial charge on any atom is -0.378 e. The second-order valence-corrected chi connectivity index (χ2v) is 7.39. The van der Waals surface area contributed by atoms with Gasteiger partial charge in [0.1, 0.15) is 11.7 Å². The Labute approximate surface area is 149 Å². The quantitative estimate of drug-likeness (QED) is 0.825. The molecule has 1 aromatic heterocycles. The number of anilines is 1. The van der Waals surface area contributed by atoms with E-state index in [2.05, 4.69) is 20.2 Å². The molecule has 0 aromatic carbocycles. The standard InChI is InChI=1S/C19H27N5O/c20-11-14-1-5-21-18(9-14)23-19-10-16(2-6-22-19)15-3-7-24(8-4-15)17-12-25-13-17/h1,5,9,11,15-17,20H,2-4,6-8,10,12-13H2,(H,21,22,23). The molecule has 6 nitrogen and oxygen atoms in total. The van der Waals surface area contributed by atoms with Gasteiger partial charge in [-0.2, -0.15) is 0 Å². The van der Waals surface area contributed by atoms with Gasteiger partial charge in [0.15, 0.2) is 0 Å². The first kappa shape index (κ1) is 16.7. The van der Waals surface area contributed by atoms with Crippen molar-refractivity contribution in [3.8, 4) is 0 Å². The summed E-state index contributed by atoms with van der Waals surface area (Å²) in [5.74, 6) is 3.39. The number of nitrogens with zero attached hydrogens (tertiary/aromatic N) is 3. The number of likely N-dealkylation sites (tertiary alicyclic amines) is 1. The molecule has 25 heavy (non-hydrogen) atoms. The lowest BCUT2D eigenvalue weighted by Gasteiger charge is -2.43. The monoisotopic (exact) mass is 341 g/mol. The molecule has 1 aromatic rings. The van der Waals surface area contributed by atoms with Crippen molar-refractivity contribution in [2.24, 2.45) is 16.8 Å². The highest BCUT2D eigenvalue weighted by Gasteiger charge is 2.33. The summed E-state index contributed by atoms with van der Waals surface area (Å²) >= 11 is 0. The van der Waals surface area contributed by atoms with E-state index in [9.17, 15) is 0 Å². The van der Waals surface area contributed by atoms with Crippen LogP contribution in [0, 0.1) is 17.2 Å². The SMILES string of the molecule is N=Cc1ccnc(NC2=NCCC(C3CCN(C4COC4)CC3)C2)c1. The van der Waals surface area contributed by atoms with Crippen LogP contribution >= 0.6 is 0 Å². The van der Waals surface area contributed by atoms with E-state index in [1.165, 1.54) is 38.6 Å². The zero-order chi connectivity index (χ0) is 17.1. The Morgan fingerprint density at radius 2 is 2.04 bits per heavy atom. The van der Waals surface area contributed by atoms with E-state index in [1.807, 2.05) is 12.1 Å². The molecule has 0 radical (unpaired) electrons. The van der Waals surface area contributed by atoms with Crippen LogP contribution in [0.3, 0.4) is 0 Å². The average Bonchev–Trinajstić information content (AvgIpc) is 2.61. The summed E-state index contributed by atoms with van der Waals surface area (Å²) in [7, 11) is 0. The van der Waals surface area contributed by atoms with Gasteiger partial charge in [0.2, 0.25) is 0 Å². The number of pyridine rings is 1. The molecule has 6 heteroatoms. The maximum atomic E-state index is 7.37. The number of hydrogen-bond acceptors (Lipinski definition) is 6. The smallest absolute Gasteiger partial charge is 0.131 e. The first-order valence-electron chi connectivity index (χ1n) is 9.40. The fourth-order valence-electron chi connectivity index (χ4n) is 4.22. The lowest BCUT2D eigenvalue weighted by molar-refractivity contribution is -0.0759. The number of ether oxygens (including phenoxy) is 1. The van der Waals surface area contributed by atoms with Crippen molar-refractivity contribution in [3.05, 3.63) is 23.9 Å². The second kappa shape index (κ2) is 7.62. The lowest BCUT2D eigenvalue weighted by Crippen LogP contribution is -2.52. The van der Waals surface area contributed by atoms with Crippen LogP contribution in [0.4, 0.5) is 5.82 Å². The third kappa shape index (κ3) is 3.90. The topological polar surface area (TPSA) is 73.6 Å². The van der Waals surface area contributed by atoms with Gasteiger partial charge in [-0.1, -0.05) is 0 Å². The van der Waals surface area contributed by atoms with E-state index >= 15 is 0 Å². The van der Waals surface area contributed by atoms with Gasteiger partial charge in [0.25, 0.3) is 0 Å². The van der Waals surface area contributed by atoms with E-state index in [-0.39, 0.29) is 0 Å². The molecule has 2 fully saturated rings. The highest BCUT2D eigenvalue weighted by molar-refractivity contribution is 5.95. The van der Waals surface area contributed by atoms with Gasteiger partial charge >= 0.3 is 0 Å². The van der Waals surface area contributed by atoms with E-state index in [0.29, 0.717) is 6.04 Å². The first-order valence-corrected chi connectivity index (χ1v) is 9.40. The van der Waals surface area contributed by atoms with Crippen LogP contribution in [0.2, 0.25) is 0 Å². The Kier molecular flexibility index (Phi) is 5.08. The van der Waals surface area contributed by atoms with Crippen LogP contribution in [0.15, 0.2) is 23.3 Å². The zero-order valence-corrected chi connectivity index (χ0v) is 14.7. The molecular weight excluding hydrogens is 314 g/mol. The summed E-state index contributed by atoms with van der Waals surface area (Å²) in [6, 6.07) is 4.42. The second-order valence-electron chi connectivity index (χ2n) is 7.39. The van der Waals surface area contributed by atoms with Crippen LogP contribution in [0.5, 0.6) is 0 Å². The number of piperidine rings is 1. The minimum atomic E-state index is 0.679. The lowest BCUT2D eigenvalue weighted by atomic mass is 9.79. The Morgan fingerprint density at radius 1 is 1.20 bits per heavy atom. The molecule has 0 aliphatic carbocycles. The third-order valence-electron chi connectivity index (χ3n) is 5.86. The number of rotatable bonds is 4. The number of aliphatic imine (C=N–C) groups is 1. The molecule has 1 unspecified atom stereocenters. The minimum absolute atomic E-state index is 0.679. The van der Waals surface area contributed by atoms with Gasteiger partial charge in [0.05, 0.1) is 19.3 Å². The summed E-state index contributed by atoms with van der Waals surface area (Å²) in [5, 5.41) is 10.7. The maximum absolute atomic E-state index is 7.37. The largest absolute Gasteiger partial charge is 0.378 e. The normalized spacial score (nSPS) is 25.9. The van der Waals surface area contributed by atoms with Crippen molar-refractivity contribution in [2.75, 3.05) is 38.2 Å². The molecule has 0 bridgehead atoms. The van der Waals surface area contributed by atoms with E-state index in [0.717, 1.165) is 55.2 Å². The fourth-order valence-corrected chi connectivity index (χ4v) is 4.22. The fraction of sp³-hybridized carbons (Fsp3) is 0.632. The molecule has 4 rings (SSSR count). The van der Waals surface area contributed by atoms with Crippen molar-refractivity contribution in [2.45, 2.75) is 31.7 Å². The average molecular weight is 341 g/mol. The van der Waals surface area contributed by atoms with Crippen molar-refractivity contribution < 1.29 is 4.74 Å². The summed E-state index contributed by atoms with van der Waals surface area (Å²) in [4.78, 5) is 11.6. The molecule has 2 saturated heterocycles. The summed E-state index contributed by atoms with van der Waals surface area (Å²) in [6.07, 6.45) is 7.92. The number of hydrogen-bond donors (Lipinski definition) is 2. The molecule has 2 N–H and O–H groups in total.